The van der Waals surface area contributed by atoms with E-state index in [-0.39, 0.29) is 23.8 Å². The van der Waals surface area contributed by atoms with Crippen LogP contribution in [-0.2, 0) is 9.59 Å². The number of rotatable bonds is 3. The maximum absolute atomic E-state index is 12.5. The quantitative estimate of drug-likeness (QED) is 0.779. The Kier molecular flexibility index (Phi) is 4.93. The zero-order chi connectivity index (χ0) is 16.2. The molecule has 0 spiro atoms. The smallest absolute Gasteiger partial charge is 0.235 e. The standard InChI is InChI=1S/C17H24N4O2/c1-12-4-6-14(7-5-12)19-17(23)13-3-2-8-21(11-13)15-9-16(22)20-18-10-15/h4-7,13,15,18H,2-3,8-11H2,1H3,(H,19,23)(H,20,22). The minimum absolute atomic E-state index is 0.0185. The molecule has 0 radical (unpaired) electrons. The Labute approximate surface area is 136 Å². The van der Waals surface area contributed by atoms with Crippen molar-refractivity contribution in [1.29, 1.82) is 0 Å². The summed E-state index contributed by atoms with van der Waals surface area (Å²) in [5, 5.41) is 3.01. The van der Waals surface area contributed by atoms with Crippen molar-refractivity contribution in [2.45, 2.75) is 32.2 Å². The summed E-state index contributed by atoms with van der Waals surface area (Å²) in [7, 11) is 0. The van der Waals surface area contributed by atoms with E-state index in [0.29, 0.717) is 6.42 Å². The fraction of sp³-hybridized carbons (Fsp3) is 0.529. The van der Waals surface area contributed by atoms with E-state index in [1.807, 2.05) is 31.2 Å². The van der Waals surface area contributed by atoms with Crippen LogP contribution in [0.4, 0.5) is 5.69 Å². The number of nitrogens with one attached hydrogen (secondary N) is 3. The van der Waals surface area contributed by atoms with Crippen molar-refractivity contribution in [3.63, 3.8) is 0 Å². The van der Waals surface area contributed by atoms with Crippen LogP contribution in [0.3, 0.4) is 0 Å². The number of amides is 2. The van der Waals surface area contributed by atoms with Gasteiger partial charge in [0, 0.05) is 31.2 Å². The minimum atomic E-state index is -0.0185. The lowest BCUT2D eigenvalue weighted by Crippen LogP contribution is -2.57. The summed E-state index contributed by atoms with van der Waals surface area (Å²) in [5.74, 6) is 0.0781. The number of carbonyl (C=O) groups excluding carboxylic acids is 2. The number of nitrogens with zero attached hydrogens (tertiary/aromatic N) is 1. The summed E-state index contributed by atoms with van der Waals surface area (Å²) in [4.78, 5) is 26.3. The van der Waals surface area contributed by atoms with E-state index in [4.69, 9.17) is 0 Å². The van der Waals surface area contributed by atoms with E-state index in [2.05, 4.69) is 21.1 Å². The second-order valence-electron chi connectivity index (χ2n) is 6.48. The number of aryl methyl sites for hydroxylation is 1. The molecule has 0 aliphatic carbocycles. The van der Waals surface area contributed by atoms with Crippen LogP contribution in [0, 0.1) is 12.8 Å². The van der Waals surface area contributed by atoms with Gasteiger partial charge < -0.3 is 5.32 Å². The van der Waals surface area contributed by atoms with Gasteiger partial charge in [0.25, 0.3) is 0 Å². The van der Waals surface area contributed by atoms with Gasteiger partial charge in [0.1, 0.15) is 0 Å². The molecule has 2 amide bonds. The van der Waals surface area contributed by atoms with Gasteiger partial charge in [-0.25, -0.2) is 5.43 Å². The zero-order valence-electron chi connectivity index (χ0n) is 13.5. The van der Waals surface area contributed by atoms with Gasteiger partial charge in [-0.2, -0.15) is 0 Å². The highest BCUT2D eigenvalue weighted by atomic mass is 16.2. The topological polar surface area (TPSA) is 73.5 Å². The summed E-state index contributed by atoms with van der Waals surface area (Å²) < 4.78 is 0. The Morgan fingerprint density at radius 3 is 2.83 bits per heavy atom. The molecule has 0 aromatic heterocycles. The molecule has 2 unspecified atom stereocenters. The molecule has 0 bridgehead atoms. The lowest BCUT2D eigenvalue weighted by Gasteiger charge is -2.39. The van der Waals surface area contributed by atoms with Crippen LogP contribution < -0.4 is 16.2 Å². The van der Waals surface area contributed by atoms with Crippen molar-refractivity contribution in [2.24, 2.45) is 5.92 Å². The second kappa shape index (κ2) is 7.10. The van der Waals surface area contributed by atoms with Crippen LogP contribution in [0.2, 0.25) is 0 Å². The number of anilines is 1. The summed E-state index contributed by atoms with van der Waals surface area (Å²) in [6, 6.07) is 8.04. The first-order chi connectivity index (χ1) is 11.1. The molecular weight excluding hydrogens is 292 g/mol. The predicted octanol–water partition coefficient (Wildman–Crippen LogP) is 1.04. The van der Waals surface area contributed by atoms with Crippen LogP contribution >= 0.6 is 0 Å². The lowest BCUT2D eigenvalue weighted by atomic mass is 9.94. The predicted molar refractivity (Wildman–Crippen MR) is 88.7 cm³/mol. The molecule has 1 aromatic rings. The van der Waals surface area contributed by atoms with E-state index in [1.165, 1.54) is 5.56 Å². The van der Waals surface area contributed by atoms with Crippen LogP contribution in [0.1, 0.15) is 24.8 Å². The monoisotopic (exact) mass is 316 g/mol. The van der Waals surface area contributed by atoms with E-state index in [9.17, 15) is 9.59 Å². The van der Waals surface area contributed by atoms with Crippen molar-refractivity contribution in [1.82, 2.24) is 15.8 Å². The summed E-state index contributed by atoms with van der Waals surface area (Å²) >= 11 is 0. The highest BCUT2D eigenvalue weighted by Gasteiger charge is 2.32. The first kappa shape index (κ1) is 16.0. The average molecular weight is 316 g/mol. The van der Waals surface area contributed by atoms with Gasteiger partial charge >= 0.3 is 0 Å². The van der Waals surface area contributed by atoms with Gasteiger partial charge in [-0.1, -0.05) is 17.7 Å². The van der Waals surface area contributed by atoms with E-state index >= 15 is 0 Å². The molecule has 124 valence electrons. The fourth-order valence-electron chi connectivity index (χ4n) is 3.30. The first-order valence-electron chi connectivity index (χ1n) is 8.25. The molecule has 3 N–H and O–H groups in total. The third kappa shape index (κ3) is 4.09. The van der Waals surface area contributed by atoms with Gasteiger partial charge in [0.15, 0.2) is 0 Å². The first-order valence-corrected chi connectivity index (χ1v) is 8.25. The number of hydrogen-bond acceptors (Lipinski definition) is 4. The molecule has 6 heteroatoms. The lowest BCUT2D eigenvalue weighted by molar-refractivity contribution is -0.126. The SMILES string of the molecule is Cc1ccc(NC(=O)C2CCCN(C3CNNC(=O)C3)C2)cc1. The van der Waals surface area contributed by atoms with Crippen LogP contribution in [0.5, 0.6) is 0 Å². The van der Waals surface area contributed by atoms with Gasteiger partial charge in [0.05, 0.1) is 5.92 Å². The third-order valence-corrected chi connectivity index (χ3v) is 4.65. The molecule has 2 heterocycles. The largest absolute Gasteiger partial charge is 0.326 e. The molecule has 2 aliphatic rings. The van der Waals surface area contributed by atoms with Crippen molar-refractivity contribution in [2.75, 3.05) is 25.0 Å². The molecule has 2 fully saturated rings. The van der Waals surface area contributed by atoms with Crippen LogP contribution in [-0.4, -0.2) is 42.4 Å². The molecular formula is C17H24N4O2. The number of benzene rings is 1. The third-order valence-electron chi connectivity index (χ3n) is 4.65. The molecule has 1 aromatic carbocycles. The van der Waals surface area contributed by atoms with Crippen molar-refractivity contribution in [3.05, 3.63) is 29.8 Å². The highest BCUT2D eigenvalue weighted by Crippen LogP contribution is 2.22. The number of hydrazine groups is 1. The van der Waals surface area contributed by atoms with E-state index < -0.39 is 0 Å². The van der Waals surface area contributed by atoms with Gasteiger partial charge in [-0.05, 0) is 38.4 Å². The molecule has 23 heavy (non-hydrogen) atoms. The maximum atomic E-state index is 12.5. The van der Waals surface area contributed by atoms with Crippen molar-refractivity contribution >= 4 is 17.5 Å². The minimum Gasteiger partial charge on any atom is -0.326 e. The zero-order valence-corrected chi connectivity index (χ0v) is 13.5. The summed E-state index contributed by atoms with van der Waals surface area (Å²) in [5.41, 5.74) is 7.58. The summed E-state index contributed by atoms with van der Waals surface area (Å²) in [6.45, 7) is 4.43. The van der Waals surface area contributed by atoms with Crippen molar-refractivity contribution < 1.29 is 9.59 Å². The molecule has 2 aliphatic heterocycles. The van der Waals surface area contributed by atoms with Crippen LogP contribution in [0.15, 0.2) is 24.3 Å². The number of hydrogen-bond donors (Lipinski definition) is 3. The molecule has 2 saturated heterocycles. The Balaban J connectivity index is 1.58. The highest BCUT2D eigenvalue weighted by molar-refractivity contribution is 5.92. The molecule has 3 rings (SSSR count). The number of piperidine rings is 1. The molecule has 2 atom stereocenters. The Morgan fingerprint density at radius 1 is 1.30 bits per heavy atom. The fourth-order valence-corrected chi connectivity index (χ4v) is 3.30. The molecule has 6 nitrogen and oxygen atoms in total. The summed E-state index contributed by atoms with van der Waals surface area (Å²) in [6.07, 6.45) is 2.39. The average Bonchev–Trinajstić information content (AvgIpc) is 2.57. The normalized spacial score (nSPS) is 25.7. The van der Waals surface area contributed by atoms with Gasteiger partial charge in [0.2, 0.25) is 11.8 Å². The van der Waals surface area contributed by atoms with Gasteiger partial charge in [-0.15, -0.1) is 0 Å². The Hall–Kier alpha value is -1.92. The van der Waals surface area contributed by atoms with Crippen LogP contribution in [0.25, 0.3) is 0 Å². The van der Waals surface area contributed by atoms with E-state index in [0.717, 1.165) is 38.2 Å². The maximum Gasteiger partial charge on any atom is 0.235 e. The number of likely N-dealkylation sites (tertiary alicyclic amines) is 1. The Bertz CT molecular complexity index is 572. The van der Waals surface area contributed by atoms with Crippen molar-refractivity contribution in [3.8, 4) is 0 Å². The Morgan fingerprint density at radius 2 is 2.09 bits per heavy atom. The second-order valence-corrected chi connectivity index (χ2v) is 6.48. The van der Waals surface area contributed by atoms with E-state index in [1.54, 1.807) is 0 Å². The van der Waals surface area contributed by atoms with Gasteiger partial charge in [-0.3, -0.25) is 19.9 Å². The molecule has 0 saturated carbocycles. The number of carbonyl (C=O) groups is 2.